The molecule has 1 aromatic rings. The molecule has 0 aromatic heterocycles. The van der Waals surface area contributed by atoms with E-state index < -0.39 is 0 Å². The summed E-state index contributed by atoms with van der Waals surface area (Å²) in [5.74, 6) is 0.601. The minimum absolute atomic E-state index is 0.102. The van der Waals surface area contributed by atoms with Crippen molar-refractivity contribution in [3.05, 3.63) is 40.3 Å². The maximum Gasteiger partial charge on any atom is 0.264 e. The second-order valence-electron chi connectivity index (χ2n) is 8.42. The first kappa shape index (κ1) is 17.5. The number of carbonyl (C=O) groups excluding carboxylic acids is 1. The van der Waals surface area contributed by atoms with Gasteiger partial charge in [0.15, 0.2) is 5.17 Å². The Morgan fingerprint density at radius 3 is 2.73 bits per heavy atom. The van der Waals surface area contributed by atoms with Crippen molar-refractivity contribution in [3.63, 3.8) is 0 Å². The van der Waals surface area contributed by atoms with Crippen molar-refractivity contribution in [1.82, 2.24) is 5.32 Å². The van der Waals surface area contributed by atoms with Crippen molar-refractivity contribution in [1.29, 1.82) is 0 Å². The monoisotopic (exact) mass is 367 g/mol. The third kappa shape index (κ3) is 2.73. The van der Waals surface area contributed by atoms with Crippen LogP contribution in [0, 0.1) is 23.7 Å². The zero-order valence-corrected chi connectivity index (χ0v) is 16.6. The summed E-state index contributed by atoms with van der Waals surface area (Å²) in [6, 6.07) is 8.11. The molecule has 3 fully saturated rings. The highest BCUT2D eigenvalue weighted by Gasteiger charge is 2.60. The Morgan fingerprint density at radius 2 is 2.08 bits per heavy atom. The van der Waals surface area contributed by atoms with Crippen molar-refractivity contribution in [3.8, 4) is 0 Å². The lowest BCUT2D eigenvalue weighted by molar-refractivity contribution is -0.115. The molecule has 26 heavy (non-hydrogen) atoms. The number of rotatable bonds is 2. The Morgan fingerprint density at radius 1 is 1.27 bits per heavy atom. The summed E-state index contributed by atoms with van der Waals surface area (Å²) in [5, 5.41) is 12.4. The molecule has 1 aromatic carbocycles. The standard InChI is InChI=1S/C21H25N3OS/c1-13-6-5-7-14(10-13)11-16-18(25)22-19(26-16)24-23-17-12-15-8-9-21(17,4)20(15,2)3/h5-7,10-11,15H,8-9,12H2,1-4H3,(H,22,24,25). The summed E-state index contributed by atoms with van der Waals surface area (Å²) in [5.41, 5.74) is 3.81. The van der Waals surface area contributed by atoms with Gasteiger partial charge in [-0.25, -0.2) is 0 Å². The molecule has 1 heterocycles. The molecule has 0 radical (unpaired) electrons. The van der Waals surface area contributed by atoms with E-state index in [9.17, 15) is 4.79 Å². The van der Waals surface area contributed by atoms with Crippen LogP contribution in [0.15, 0.2) is 39.4 Å². The Labute approximate surface area is 159 Å². The van der Waals surface area contributed by atoms with Gasteiger partial charge in [0.2, 0.25) is 0 Å². The van der Waals surface area contributed by atoms with Crippen molar-refractivity contribution in [2.24, 2.45) is 27.0 Å². The molecule has 1 N–H and O–H groups in total. The average molecular weight is 368 g/mol. The minimum atomic E-state index is -0.102. The van der Waals surface area contributed by atoms with E-state index in [1.54, 1.807) is 0 Å². The number of carbonyl (C=O) groups is 1. The second-order valence-corrected chi connectivity index (χ2v) is 9.45. The number of benzene rings is 1. The zero-order valence-electron chi connectivity index (χ0n) is 15.8. The van der Waals surface area contributed by atoms with Crippen LogP contribution in [0.1, 0.15) is 51.2 Å². The van der Waals surface area contributed by atoms with E-state index in [1.165, 1.54) is 35.9 Å². The fourth-order valence-electron chi connectivity index (χ4n) is 4.57. The first-order chi connectivity index (χ1) is 12.3. The number of nitrogens with one attached hydrogen (secondary N) is 1. The molecular formula is C21H25N3OS. The molecule has 2 bridgehead atoms. The van der Waals surface area contributed by atoms with E-state index in [2.05, 4.69) is 42.4 Å². The summed E-state index contributed by atoms with van der Waals surface area (Å²) in [6.45, 7) is 9.08. The van der Waals surface area contributed by atoms with Crippen LogP contribution in [0.2, 0.25) is 0 Å². The number of hydrogen-bond acceptors (Lipinski definition) is 4. The molecule has 2 saturated carbocycles. The summed E-state index contributed by atoms with van der Waals surface area (Å²) >= 11 is 1.37. The van der Waals surface area contributed by atoms with Gasteiger partial charge in [-0.3, -0.25) is 10.1 Å². The van der Waals surface area contributed by atoms with Crippen molar-refractivity contribution in [2.45, 2.75) is 47.0 Å². The smallest absolute Gasteiger partial charge is 0.264 e. The highest BCUT2D eigenvalue weighted by atomic mass is 32.2. The Balaban J connectivity index is 1.55. The maximum absolute atomic E-state index is 12.2. The average Bonchev–Trinajstić information content (AvgIpc) is 3.10. The van der Waals surface area contributed by atoms with Crippen LogP contribution in [0.4, 0.5) is 0 Å². The number of amides is 1. The van der Waals surface area contributed by atoms with Crippen molar-refractivity contribution in [2.75, 3.05) is 0 Å². The van der Waals surface area contributed by atoms with Gasteiger partial charge in [0, 0.05) is 11.1 Å². The molecule has 1 saturated heterocycles. The van der Waals surface area contributed by atoms with E-state index in [1.807, 2.05) is 31.2 Å². The predicted molar refractivity (Wildman–Crippen MR) is 109 cm³/mol. The molecule has 5 heteroatoms. The minimum Gasteiger partial charge on any atom is -0.299 e. The molecule has 2 atom stereocenters. The van der Waals surface area contributed by atoms with Crippen molar-refractivity contribution < 1.29 is 4.79 Å². The quantitative estimate of drug-likeness (QED) is 0.605. The summed E-state index contributed by atoms with van der Waals surface area (Å²) in [7, 11) is 0. The molecule has 136 valence electrons. The summed E-state index contributed by atoms with van der Waals surface area (Å²) < 4.78 is 0. The zero-order chi connectivity index (χ0) is 18.5. The Hall–Kier alpha value is -1.88. The van der Waals surface area contributed by atoms with Gasteiger partial charge < -0.3 is 0 Å². The third-order valence-corrected chi connectivity index (χ3v) is 7.66. The highest BCUT2D eigenvalue weighted by Crippen LogP contribution is 2.64. The molecular weight excluding hydrogens is 342 g/mol. The van der Waals surface area contributed by atoms with E-state index in [0.717, 1.165) is 12.0 Å². The largest absolute Gasteiger partial charge is 0.299 e. The molecule has 2 aliphatic carbocycles. The topological polar surface area (TPSA) is 53.8 Å². The summed E-state index contributed by atoms with van der Waals surface area (Å²) in [4.78, 5) is 12.9. The van der Waals surface area contributed by atoms with E-state index in [-0.39, 0.29) is 16.7 Å². The van der Waals surface area contributed by atoms with Gasteiger partial charge in [-0.2, -0.15) is 5.10 Å². The summed E-state index contributed by atoms with van der Waals surface area (Å²) in [6.07, 6.45) is 5.41. The lowest BCUT2D eigenvalue weighted by atomic mass is 9.70. The Kier molecular flexibility index (Phi) is 4.10. The highest BCUT2D eigenvalue weighted by molar-refractivity contribution is 8.18. The van der Waals surface area contributed by atoms with Crippen LogP contribution in [0.3, 0.4) is 0 Å². The Bertz CT molecular complexity index is 868. The lowest BCUT2D eigenvalue weighted by Crippen LogP contribution is -2.32. The number of thioether (sulfide) groups is 1. The maximum atomic E-state index is 12.2. The molecule has 3 aliphatic rings. The molecule has 1 aliphatic heterocycles. The van der Waals surface area contributed by atoms with Gasteiger partial charge in [0.05, 0.1) is 4.91 Å². The molecule has 4 nitrogen and oxygen atoms in total. The molecule has 4 rings (SSSR count). The van der Waals surface area contributed by atoms with E-state index in [4.69, 9.17) is 0 Å². The van der Waals surface area contributed by atoms with Crippen LogP contribution in [-0.4, -0.2) is 16.8 Å². The van der Waals surface area contributed by atoms with Crippen LogP contribution in [0.25, 0.3) is 6.08 Å². The SMILES string of the molecule is Cc1cccc(C=C2S/C(=N/N=C3CC4CCC3(C)C4(C)C)NC2=O)c1. The number of hydrogen-bond donors (Lipinski definition) is 1. The van der Waals surface area contributed by atoms with Crippen LogP contribution < -0.4 is 5.32 Å². The first-order valence-corrected chi connectivity index (χ1v) is 10.0. The number of fused-ring (bicyclic) bond motifs is 2. The fourth-order valence-corrected chi connectivity index (χ4v) is 5.34. The predicted octanol–water partition coefficient (Wildman–Crippen LogP) is 4.76. The lowest BCUT2D eigenvalue weighted by Gasteiger charge is -2.34. The van der Waals surface area contributed by atoms with Crippen LogP contribution in [-0.2, 0) is 4.79 Å². The van der Waals surface area contributed by atoms with Gasteiger partial charge in [-0.1, -0.05) is 50.6 Å². The van der Waals surface area contributed by atoms with Gasteiger partial charge in [0.1, 0.15) is 0 Å². The van der Waals surface area contributed by atoms with E-state index >= 15 is 0 Å². The van der Waals surface area contributed by atoms with Gasteiger partial charge in [0.25, 0.3) is 5.91 Å². The number of nitrogens with zero attached hydrogens (tertiary/aromatic N) is 2. The molecule has 1 amide bonds. The van der Waals surface area contributed by atoms with Gasteiger partial charge >= 0.3 is 0 Å². The number of amidine groups is 1. The molecule has 2 unspecified atom stereocenters. The number of aryl methyl sites for hydroxylation is 1. The second kappa shape index (κ2) is 6.08. The molecule has 0 spiro atoms. The van der Waals surface area contributed by atoms with Gasteiger partial charge in [-0.05, 0) is 60.9 Å². The normalized spacial score (nSPS) is 34.2. The van der Waals surface area contributed by atoms with Crippen LogP contribution in [0.5, 0.6) is 0 Å². The third-order valence-electron chi connectivity index (χ3n) is 6.76. The van der Waals surface area contributed by atoms with Gasteiger partial charge in [-0.15, -0.1) is 5.10 Å². The van der Waals surface area contributed by atoms with Crippen molar-refractivity contribution >= 4 is 34.6 Å². The van der Waals surface area contributed by atoms with E-state index in [0.29, 0.717) is 16.0 Å². The first-order valence-electron chi connectivity index (χ1n) is 9.22. The fraction of sp³-hybridized carbons (Fsp3) is 0.476. The van der Waals surface area contributed by atoms with Crippen LogP contribution >= 0.6 is 11.8 Å².